The van der Waals surface area contributed by atoms with Crippen LogP contribution in [0.15, 0.2) is 60.7 Å². The van der Waals surface area contributed by atoms with E-state index in [1.165, 1.54) is 0 Å². The number of rotatable bonds is 8. The zero-order valence-corrected chi connectivity index (χ0v) is 14.9. The fourth-order valence-corrected chi connectivity index (χ4v) is 2.57. The van der Waals surface area contributed by atoms with Crippen LogP contribution in [0.25, 0.3) is 0 Å². The van der Waals surface area contributed by atoms with E-state index in [0.29, 0.717) is 18.2 Å². The Balaban J connectivity index is 1.93. The Kier molecular flexibility index (Phi) is 7.49. The first kappa shape index (κ1) is 18.2. The van der Waals surface area contributed by atoms with Crippen molar-refractivity contribution in [2.24, 2.45) is 0 Å². The van der Waals surface area contributed by atoms with Gasteiger partial charge in [0.2, 0.25) is 0 Å². The number of ether oxygens (including phenoxy) is 1. The summed E-state index contributed by atoms with van der Waals surface area (Å²) in [5.41, 5.74) is 1.88. The molecule has 0 radical (unpaired) electrons. The summed E-state index contributed by atoms with van der Waals surface area (Å²) in [6, 6.07) is 18.8. The number of Topliss-reactive ketones (excluding diaryl/α,β-unsaturated/α-hetero) is 1. The van der Waals surface area contributed by atoms with Gasteiger partial charge < -0.3 is 10.1 Å². The van der Waals surface area contributed by atoms with E-state index in [-0.39, 0.29) is 18.4 Å². The smallest absolute Gasteiger partial charge is 0.407 e. The van der Waals surface area contributed by atoms with Crippen LogP contribution in [0.1, 0.15) is 30.0 Å². The molecule has 0 aliphatic heterocycles. The number of benzene rings is 2. The molecule has 4 nitrogen and oxygen atoms in total. The largest absolute Gasteiger partial charge is 0.445 e. The minimum absolute atomic E-state index is 0.107. The topological polar surface area (TPSA) is 55.4 Å². The van der Waals surface area contributed by atoms with Crippen LogP contribution in [0, 0.1) is 0 Å². The van der Waals surface area contributed by atoms with Gasteiger partial charge in [-0.25, -0.2) is 4.79 Å². The number of ketones is 1. The van der Waals surface area contributed by atoms with Gasteiger partial charge in [-0.15, -0.1) is 0 Å². The SMILES string of the molecule is O=C(CBr)CCC(NC(=O)OCc1ccccc1)c1ccccc1. The fourth-order valence-electron chi connectivity index (χ4n) is 2.29. The van der Waals surface area contributed by atoms with E-state index in [9.17, 15) is 9.59 Å². The number of halogens is 1. The molecule has 2 aromatic carbocycles. The summed E-state index contributed by atoms with van der Waals surface area (Å²) in [5, 5.41) is 3.18. The Bertz CT molecular complexity index is 646. The summed E-state index contributed by atoms with van der Waals surface area (Å²) in [6.45, 7) is 0.217. The number of nitrogens with one attached hydrogen (secondary N) is 1. The molecular weight excluding hydrogens is 370 g/mol. The van der Waals surface area contributed by atoms with Gasteiger partial charge in [-0.05, 0) is 17.5 Å². The first-order valence-corrected chi connectivity index (χ1v) is 8.91. The molecule has 0 fully saturated rings. The molecule has 0 bridgehead atoms. The third-order valence-electron chi connectivity index (χ3n) is 3.57. The zero-order valence-electron chi connectivity index (χ0n) is 13.3. The van der Waals surface area contributed by atoms with Gasteiger partial charge in [0.05, 0.1) is 11.4 Å². The summed E-state index contributed by atoms with van der Waals surface area (Å²) >= 11 is 3.16. The van der Waals surface area contributed by atoms with E-state index < -0.39 is 6.09 Å². The highest BCUT2D eigenvalue weighted by molar-refractivity contribution is 9.09. The summed E-state index contributed by atoms with van der Waals surface area (Å²) < 4.78 is 5.27. The molecule has 126 valence electrons. The number of alkyl halides is 1. The summed E-state index contributed by atoms with van der Waals surface area (Å²) in [7, 11) is 0. The molecule has 0 saturated heterocycles. The van der Waals surface area contributed by atoms with Crippen LogP contribution in [0.5, 0.6) is 0 Å². The minimum Gasteiger partial charge on any atom is -0.445 e. The quantitative estimate of drug-likeness (QED) is 0.680. The molecule has 0 saturated carbocycles. The average Bonchev–Trinajstić information content (AvgIpc) is 2.64. The fraction of sp³-hybridized carbons (Fsp3) is 0.263. The van der Waals surface area contributed by atoms with Crippen molar-refractivity contribution in [1.29, 1.82) is 0 Å². The second-order valence-corrected chi connectivity index (χ2v) is 5.94. The maximum Gasteiger partial charge on any atom is 0.407 e. The number of carbonyl (C=O) groups is 2. The normalized spacial score (nSPS) is 11.5. The molecule has 1 amide bonds. The maximum atomic E-state index is 12.1. The van der Waals surface area contributed by atoms with Gasteiger partial charge in [0, 0.05) is 6.42 Å². The summed E-state index contributed by atoms with van der Waals surface area (Å²) in [6.07, 6.45) is 0.442. The number of hydrogen-bond acceptors (Lipinski definition) is 3. The Hall–Kier alpha value is -2.14. The number of hydrogen-bond donors (Lipinski definition) is 1. The predicted molar refractivity (Wildman–Crippen MR) is 97.0 cm³/mol. The van der Waals surface area contributed by atoms with E-state index in [1.54, 1.807) is 0 Å². The van der Waals surface area contributed by atoms with Crippen LogP contribution in [-0.4, -0.2) is 17.2 Å². The molecule has 0 aliphatic rings. The van der Waals surface area contributed by atoms with Crippen molar-refractivity contribution < 1.29 is 14.3 Å². The number of amides is 1. The van der Waals surface area contributed by atoms with Crippen LogP contribution in [-0.2, 0) is 16.1 Å². The third-order valence-corrected chi connectivity index (χ3v) is 4.19. The van der Waals surface area contributed by atoms with Crippen molar-refractivity contribution in [3.8, 4) is 0 Å². The van der Waals surface area contributed by atoms with Gasteiger partial charge in [-0.2, -0.15) is 0 Å². The lowest BCUT2D eigenvalue weighted by molar-refractivity contribution is -0.116. The predicted octanol–water partition coefficient (Wildman–Crippen LogP) is 4.40. The van der Waals surface area contributed by atoms with Gasteiger partial charge in [0.15, 0.2) is 0 Å². The monoisotopic (exact) mass is 389 g/mol. The van der Waals surface area contributed by atoms with Gasteiger partial charge in [-0.1, -0.05) is 76.6 Å². The van der Waals surface area contributed by atoms with E-state index in [4.69, 9.17) is 4.74 Å². The minimum atomic E-state index is -0.487. The summed E-state index contributed by atoms with van der Waals surface area (Å²) in [4.78, 5) is 23.6. The molecular formula is C19H20BrNO3. The van der Waals surface area contributed by atoms with Crippen molar-refractivity contribution in [3.05, 3.63) is 71.8 Å². The lowest BCUT2D eigenvalue weighted by Crippen LogP contribution is -2.29. The first-order valence-electron chi connectivity index (χ1n) is 7.79. The van der Waals surface area contributed by atoms with Gasteiger partial charge in [0.25, 0.3) is 0 Å². The van der Waals surface area contributed by atoms with E-state index in [1.807, 2.05) is 60.7 Å². The highest BCUT2D eigenvalue weighted by atomic mass is 79.9. The van der Waals surface area contributed by atoms with Crippen molar-refractivity contribution in [2.75, 3.05) is 5.33 Å². The third kappa shape index (κ3) is 6.16. The summed E-state index contributed by atoms with van der Waals surface area (Å²) in [5.74, 6) is 0.107. The molecule has 24 heavy (non-hydrogen) atoms. The van der Waals surface area contributed by atoms with Crippen LogP contribution in [0.3, 0.4) is 0 Å². The molecule has 0 spiro atoms. The molecule has 0 aliphatic carbocycles. The van der Waals surface area contributed by atoms with E-state index >= 15 is 0 Å². The highest BCUT2D eigenvalue weighted by Crippen LogP contribution is 2.19. The van der Waals surface area contributed by atoms with Crippen LogP contribution in [0.4, 0.5) is 4.79 Å². The second kappa shape index (κ2) is 9.88. The van der Waals surface area contributed by atoms with Crippen LogP contribution < -0.4 is 5.32 Å². The van der Waals surface area contributed by atoms with E-state index in [0.717, 1.165) is 11.1 Å². The molecule has 1 atom stereocenters. The van der Waals surface area contributed by atoms with E-state index in [2.05, 4.69) is 21.2 Å². The molecule has 2 rings (SSSR count). The van der Waals surface area contributed by atoms with Crippen LogP contribution >= 0.6 is 15.9 Å². The van der Waals surface area contributed by atoms with Crippen molar-refractivity contribution in [3.63, 3.8) is 0 Å². The van der Waals surface area contributed by atoms with Gasteiger partial charge >= 0.3 is 6.09 Å². The zero-order chi connectivity index (χ0) is 17.2. The maximum absolute atomic E-state index is 12.1. The molecule has 2 aromatic rings. The van der Waals surface area contributed by atoms with Gasteiger partial charge in [0.1, 0.15) is 12.4 Å². The lowest BCUT2D eigenvalue weighted by atomic mass is 10.0. The highest BCUT2D eigenvalue weighted by Gasteiger charge is 2.16. The molecule has 0 aromatic heterocycles. The van der Waals surface area contributed by atoms with Crippen molar-refractivity contribution in [2.45, 2.75) is 25.5 Å². The molecule has 1 unspecified atom stereocenters. The first-order chi connectivity index (χ1) is 11.7. The van der Waals surface area contributed by atoms with Crippen molar-refractivity contribution >= 4 is 27.8 Å². The number of carbonyl (C=O) groups excluding carboxylic acids is 2. The molecule has 1 N–H and O–H groups in total. The van der Waals surface area contributed by atoms with Gasteiger partial charge in [-0.3, -0.25) is 4.79 Å². The second-order valence-electron chi connectivity index (χ2n) is 5.38. The van der Waals surface area contributed by atoms with Crippen molar-refractivity contribution in [1.82, 2.24) is 5.32 Å². The molecule has 0 heterocycles. The Labute approximate surface area is 150 Å². The number of alkyl carbamates (subject to hydrolysis) is 1. The Morgan fingerprint density at radius 3 is 2.25 bits per heavy atom. The Morgan fingerprint density at radius 1 is 1.00 bits per heavy atom. The standard InChI is InChI=1S/C19H20BrNO3/c20-13-17(22)11-12-18(16-9-5-2-6-10-16)21-19(23)24-14-15-7-3-1-4-8-15/h1-10,18H,11-14H2,(H,21,23). The molecule has 5 heteroatoms. The Morgan fingerprint density at radius 2 is 1.62 bits per heavy atom. The van der Waals surface area contributed by atoms with Crippen LogP contribution in [0.2, 0.25) is 0 Å². The lowest BCUT2D eigenvalue weighted by Gasteiger charge is -2.18. The average molecular weight is 390 g/mol.